The fraction of sp³-hybridized carbons (Fsp3) is 0.350. The fourth-order valence-corrected chi connectivity index (χ4v) is 2.40. The van der Waals surface area contributed by atoms with Crippen molar-refractivity contribution in [2.75, 3.05) is 6.61 Å². The van der Waals surface area contributed by atoms with Gasteiger partial charge in [-0.3, -0.25) is 4.79 Å². The number of hydrogen-bond donors (Lipinski definition) is 1. The average molecular weight is 328 g/mol. The number of rotatable bonds is 9. The summed E-state index contributed by atoms with van der Waals surface area (Å²) in [7, 11) is 0. The molecule has 0 aliphatic carbocycles. The summed E-state index contributed by atoms with van der Waals surface area (Å²) < 4.78 is 11.5. The number of aryl methyl sites for hydroxylation is 1. The predicted octanol–water partition coefficient (Wildman–Crippen LogP) is 4.52. The molecule has 0 bridgehead atoms. The molecular weight excluding hydrogens is 304 g/mol. The largest absolute Gasteiger partial charge is 0.489 e. The zero-order valence-electron chi connectivity index (χ0n) is 14.2. The van der Waals surface area contributed by atoms with Crippen LogP contribution in [0.25, 0.3) is 0 Å². The summed E-state index contributed by atoms with van der Waals surface area (Å²) in [5, 5.41) is 9.03. The molecule has 0 fully saturated rings. The van der Waals surface area contributed by atoms with Gasteiger partial charge in [-0.25, -0.2) is 0 Å². The molecule has 128 valence electrons. The predicted molar refractivity (Wildman–Crippen MR) is 93.2 cm³/mol. The molecule has 4 heteroatoms. The van der Waals surface area contributed by atoms with Gasteiger partial charge in [0.1, 0.15) is 12.4 Å². The highest BCUT2D eigenvalue weighted by atomic mass is 16.5. The molecule has 0 aromatic heterocycles. The number of carboxylic acids is 1. The molecule has 0 unspecified atom stereocenters. The Morgan fingerprint density at radius 3 is 2.46 bits per heavy atom. The van der Waals surface area contributed by atoms with Gasteiger partial charge in [0.05, 0.1) is 12.5 Å². The van der Waals surface area contributed by atoms with Gasteiger partial charge in [-0.05, 0) is 42.2 Å². The van der Waals surface area contributed by atoms with Crippen molar-refractivity contribution in [1.29, 1.82) is 0 Å². The second kappa shape index (κ2) is 9.08. The SMILES string of the molecule is CCCO[C@H](CC(=O)O)c1ccc(OCc2ccccc2C)cc1. The average Bonchev–Trinajstić information content (AvgIpc) is 2.58. The summed E-state index contributed by atoms with van der Waals surface area (Å²) in [5.41, 5.74) is 3.20. The first-order valence-corrected chi connectivity index (χ1v) is 8.20. The normalized spacial score (nSPS) is 11.9. The maximum absolute atomic E-state index is 11.0. The summed E-state index contributed by atoms with van der Waals surface area (Å²) >= 11 is 0. The maximum Gasteiger partial charge on any atom is 0.306 e. The van der Waals surface area contributed by atoms with Crippen molar-refractivity contribution >= 4 is 5.97 Å². The van der Waals surface area contributed by atoms with E-state index < -0.39 is 12.1 Å². The van der Waals surface area contributed by atoms with Gasteiger partial charge >= 0.3 is 5.97 Å². The van der Waals surface area contributed by atoms with Crippen LogP contribution in [-0.4, -0.2) is 17.7 Å². The van der Waals surface area contributed by atoms with Gasteiger partial charge in [-0.1, -0.05) is 43.3 Å². The first kappa shape index (κ1) is 18.0. The van der Waals surface area contributed by atoms with Gasteiger partial charge in [0.2, 0.25) is 0 Å². The number of carbonyl (C=O) groups is 1. The van der Waals surface area contributed by atoms with E-state index in [1.807, 2.05) is 49.4 Å². The Kier molecular flexibility index (Phi) is 6.82. The third kappa shape index (κ3) is 5.39. The van der Waals surface area contributed by atoms with Crippen LogP contribution in [0.5, 0.6) is 5.75 Å². The van der Waals surface area contributed by atoms with E-state index in [-0.39, 0.29) is 6.42 Å². The lowest BCUT2D eigenvalue weighted by Crippen LogP contribution is -2.10. The van der Waals surface area contributed by atoms with Gasteiger partial charge in [0.25, 0.3) is 0 Å². The Morgan fingerprint density at radius 2 is 1.83 bits per heavy atom. The molecule has 0 heterocycles. The number of benzene rings is 2. The van der Waals surface area contributed by atoms with Crippen LogP contribution in [0, 0.1) is 6.92 Å². The van der Waals surface area contributed by atoms with Crippen molar-refractivity contribution in [3.05, 3.63) is 65.2 Å². The minimum absolute atomic E-state index is 0.0383. The second-order valence-electron chi connectivity index (χ2n) is 5.74. The molecule has 0 amide bonds. The van der Waals surface area contributed by atoms with Crippen molar-refractivity contribution in [3.8, 4) is 5.75 Å². The molecule has 1 atom stereocenters. The van der Waals surface area contributed by atoms with E-state index in [2.05, 4.69) is 13.0 Å². The standard InChI is InChI=1S/C20H24O4/c1-3-12-23-19(13-20(21)22)16-8-10-18(11-9-16)24-14-17-7-5-4-6-15(17)2/h4-11,19H,3,12-14H2,1-2H3,(H,21,22)/t19-/m1/s1. The summed E-state index contributed by atoms with van der Waals surface area (Å²) in [5.74, 6) is -0.109. The van der Waals surface area contributed by atoms with Gasteiger partial charge in [-0.2, -0.15) is 0 Å². The number of aliphatic carboxylic acids is 1. The van der Waals surface area contributed by atoms with Gasteiger partial charge in [0.15, 0.2) is 0 Å². The molecule has 2 aromatic carbocycles. The number of carboxylic acid groups (broad SMARTS) is 1. The highest BCUT2D eigenvalue weighted by Crippen LogP contribution is 2.24. The molecule has 0 radical (unpaired) electrons. The molecule has 0 spiro atoms. The van der Waals surface area contributed by atoms with E-state index in [1.165, 1.54) is 5.56 Å². The fourth-order valence-electron chi connectivity index (χ4n) is 2.40. The Hall–Kier alpha value is -2.33. The zero-order chi connectivity index (χ0) is 17.4. The van der Waals surface area contributed by atoms with E-state index in [9.17, 15) is 4.79 Å². The van der Waals surface area contributed by atoms with Crippen molar-refractivity contribution in [2.45, 2.75) is 39.4 Å². The van der Waals surface area contributed by atoms with Crippen LogP contribution in [0.2, 0.25) is 0 Å². The van der Waals surface area contributed by atoms with Crippen LogP contribution in [-0.2, 0) is 16.1 Å². The first-order chi connectivity index (χ1) is 11.6. The van der Waals surface area contributed by atoms with Crippen LogP contribution in [0.4, 0.5) is 0 Å². The van der Waals surface area contributed by atoms with Crippen molar-refractivity contribution in [1.82, 2.24) is 0 Å². The Morgan fingerprint density at radius 1 is 1.12 bits per heavy atom. The smallest absolute Gasteiger partial charge is 0.306 e. The number of ether oxygens (including phenoxy) is 2. The minimum Gasteiger partial charge on any atom is -0.489 e. The topological polar surface area (TPSA) is 55.8 Å². The summed E-state index contributed by atoms with van der Waals surface area (Å²) in [4.78, 5) is 11.0. The third-order valence-corrected chi connectivity index (χ3v) is 3.79. The van der Waals surface area contributed by atoms with Crippen molar-refractivity contribution < 1.29 is 19.4 Å². The van der Waals surface area contributed by atoms with E-state index >= 15 is 0 Å². The van der Waals surface area contributed by atoms with Gasteiger partial charge in [0, 0.05) is 6.61 Å². The molecule has 24 heavy (non-hydrogen) atoms. The monoisotopic (exact) mass is 328 g/mol. The lowest BCUT2D eigenvalue weighted by Gasteiger charge is -2.17. The second-order valence-corrected chi connectivity index (χ2v) is 5.74. The summed E-state index contributed by atoms with van der Waals surface area (Å²) in [6.07, 6.45) is 0.393. The third-order valence-electron chi connectivity index (χ3n) is 3.79. The van der Waals surface area contributed by atoms with E-state index in [4.69, 9.17) is 14.6 Å². The molecule has 0 saturated carbocycles. The molecule has 2 aromatic rings. The Labute approximate surface area is 143 Å². The molecular formula is C20H24O4. The number of hydrogen-bond acceptors (Lipinski definition) is 3. The highest BCUT2D eigenvalue weighted by Gasteiger charge is 2.16. The van der Waals surface area contributed by atoms with Gasteiger partial charge < -0.3 is 14.6 Å². The molecule has 2 rings (SSSR count). The molecule has 1 N–H and O–H groups in total. The molecule has 4 nitrogen and oxygen atoms in total. The quantitative estimate of drug-likeness (QED) is 0.735. The van der Waals surface area contributed by atoms with Crippen LogP contribution in [0.15, 0.2) is 48.5 Å². The van der Waals surface area contributed by atoms with E-state index in [0.29, 0.717) is 13.2 Å². The molecule has 0 aliphatic rings. The Bertz CT molecular complexity index is 649. The van der Waals surface area contributed by atoms with E-state index in [1.54, 1.807) is 0 Å². The van der Waals surface area contributed by atoms with Crippen LogP contribution < -0.4 is 4.74 Å². The lowest BCUT2D eigenvalue weighted by atomic mass is 10.1. The van der Waals surface area contributed by atoms with Crippen LogP contribution >= 0.6 is 0 Å². The minimum atomic E-state index is -0.865. The summed E-state index contributed by atoms with van der Waals surface area (Å²) in [6, 6.07) is 15.6. The van der Waals surface area contributed by atoms with Crippen molar-refractivity contribution in [2.24, 2.45) is 0 Å². The van der Waals surface area contributed by atoms with Crippen molar-refractivity contribution in [3.63, 3.8) is 0 Å². The van der Waals surface area contributed by atoms with Gasteiger partial charge in [-0.15, -0.1) is 0 Å². The summed E-state index contributed by atoms with van der Waals surface area (Å²) in [6.45, 7) is 5.12. The van der Waals surface area contributed by atoms with Crippen LogP contribution in [0.1, 0.15) is 42.6 Å². The maximum atomic E-state index is 11.0. The first-order valence-electron chi connectivity index (χ1n) is 8.20. The molecule has 0 saturated heterocycles. The molecule has 0 aliphatic heterocycles. The highest BCUT2D eigenvalue weighted by molar-refractivity contribution is 5.67. The lowest BCUT2D eigenvalue weighted by molar-refractivity contribution is -0.140. The zero-order valence-corrected chi connectivity index (χ0v) is 14.2. The van der Waals surface area contributed by atoms with Crippen LogP contribution in [0.3, 0.4) is 0 Å². The van der Waals surface area contributed by atoms with E-state index in [0.717, 1.165) is 23.3 Å². The Balaban J connectivity index is 2.00.